The van der Waals surface area contributed by atoms with Crippen LogP contribution in [0, 0.1) is 11.6 Å². The Bertz CT molecular complexity index is 582. The molecule has 1 amide bonds. The van der Waals surface area contributed by atoms with Crippen LogP contribution in [0.15, 0.2) is 40.8 Å². The molecular weight excluding hydrogens is 258 g/mol. The first kappa shape index (κ1) is 12.4. The SMILES string of the molecule is O=C(N/N=C\c1cccc(F)c1F)c1cccs1. The van der Waals surface area contributed by atoms with Crippen molar-refractivity contribution in [1.29, 1.82) is 0 Å². The zero-order valence-electron chi connectivity index (χ0n) is 9.06. The molecule has 0 spiro atoms. The molecule has 2 aromatic rings. The van der Waals surface area contributed by atoms with E-state index in [0.29, 0.717) is 4.88 Å². The number of thiophene rings is 1. The largest absolute Gasteiger partial charge is 0.281 e. The lowest BCUT2D eigenvalue weighted by atomic mass is 10.2. The molecule has 0 aliphatic rings. The van der Waals surface area contributed by atoms with Crippen LogP contribution in [0.1, 0.15) is 15.2 Å². The Hall–Kier alpha value is -2.08. The van der Waals surface area contributed by atoms with Gasteiger partial charge in [-0.1, -0.05) is 18.2 Å². The van der Waals surface area contributed by atoms with E-state index >= 15 is 0 Å². The number of benzene rings is 1. The van der Waals surface area contributed by atoms with Crippen LogP contribution in [0.25, 0.3) is 0 Å². The molecule has 1 N–H and O–H groups in total. The van der Waals surface area contributed by atoms with Crippen molar-refractivity contribution in [3.63, 3.8) is 0 Å². The highest BCUT2D eigenvalue weighted by Gasteiger charge is 2.06. The van der Waals surface area contributed by atoms with E-state index in [9.17, 15) is 13.6 Å². The number of carbonyl (C=O) groups excluding carboxylic acids is 1. The van der Waals surface area contributed by atoms with Crippen molar-refractivity contribution in [1.82, 2.24) is 5.43 Å². The topological polar surface area (TPSA) is 41.5 Å². The number of hydrazone groups is 1. The van der Waals surface area contributed by atoms with E-state index in [0.717, 1.165) is 12.3 Å². The summed E-state index contributed by atoms with van der Waals surface area (Å²) < 4.78 is 26.1. The van der Waals surface area contributed by atoms with Crippen LogP contribution >= 0.6 is 11.3 Å². The molecule has 3 nitrogen and oxygen atoms in total. The highest BCUT2D eigenvalue weighted by atomic mass is 32.1. The van der Waals surface area contributed by atoms with E-state index in [1.54, 1.807) is 17.5 Å². The summed E-state index contributed by atoms with van der Waals surface area (Å²) in [4.78, 5) is 12.0. The van der Waals surface area contributed by atoms with E-state index in [2.05, 4.69) is 10.5 Å². The Morgan fingerprint density at radius 2 is 2.11 bits per heavy atom. The maximum atomic E-state index is 13.2. The van der Waals surface area contributed by atoms with Gasteiger partial charge in [-0.25, -0.2) is 14.2 Å². The first-order valence-electron chi connectivity index (χ1n) is 4.99. The van der Waals surface area contributed by atoms with Gasteiger partial charge in [0.05, 0.1) is 11.1 Å². The summed E-state index contributed by atoms with van der Waals surface area (Å²) in [6, 6.07) is 7.10. The first-order valence-corrected chi connectivity index (χ1v) is 5.87. The lowest BCUT2D eigenvalue weighted by Gasteiger charge is -1.98. The molecule has 0 fully saturated rings. The van der Waals surface area contributed by atoms with Gasteiger partial charge in [-0.2, -0.15) is 5.10 Å². The van der Waals surface area contributed by atoms with Gasteiger partial charge in [0, 0.05) is 5.56 Å². The molecule has 0 atom stereocenters. The third-order valence-electron chi connectivity index (χ3n) is 2.10. The molecule has 0 aliphatic carbocycles. The lowest BCUT2D eigenvalue weighted by molar-refractivity contribution is 0.0959. The zero-order valence-corrected chi connectivity index (χ0v) is 9.88. The molecule has 18 heavy (non-hydrogen) atoms. The summed E-state index contributed by atoms with van der Waals surface area (Å²) in [7, 11) is 0. The standard InChI is InChI=1S/C12H8F2N2OS/c13-9-4-1-3-8(11(9)14)7-15-16-12(17)10-5-2-6-18-10/h1-7H,(H,16,17)/b15-7-. The fraction of sp³-hybridized carbons (Fsp3) is 0. The third kappa shape index (κ3) is 2.78. The Morgan fingerprint density at radius 3 is 2.83 bits per heavy atom. The monoisotopic (exact) mass is 266 g/mol. The quantitative estimate of drug-likeness (QED) is 0.673. The number of rotatable bonds is 3. The minimum atomic E-state index is -0.994. The van der Waals surface area contributed by atoms with Crippen LogP contribution in [-0.4, -0.2) is 12.1 Å². The van der Waals surface area contributed by atoms with Gasteiger partial charge >= 0.3 is 0 Å². The van der Waals surface area contributed by atoms with Crippen molar-refractivity contribution >= 4 is 23.5 Å². The van der Waals surface area contributed by atoms with Gasteiger partial charge in [-0.3, -0.25) is 4.79 Å². The molecule has 0 saturated carbocycles. The average Bonchev–Trinajstić information content (AvgIpc) is 2.88. The second kappa shape index (κ2) is 5.50. The van der Waals surface area contributed by atoms with Crippen LogP contribution in [0.4, 0.5) is 8.78 Å². The summed E-state index contributed by atoms with van der Waals surface area (Å²) >= 11 is 1.26. The second-order valence-electron chi connectivity index (χ2n) is 3.32. The third-order valence-corrected chi connectivity index (χ3v) is 2.96. The molecular formula is C12H8F2N2OS. The molecule has 0 bridgehead atoms. The minimum Gasteiger partial charge on any atom is -0.266 e. The molecule has 1 heterocycles. The van der Waals surface area contributed by atoms with Crippen LogP contribution in [0.3, 0.4) is 0 Å². The van der Waals surface area contributed by atoms with Crippen LogP contribution in [0.5, 0.6) is 0 Å². The van der Waals surface area contributed by atoms with Gasteiger partial charge < -0.3 is 0 Å². The number of carbonyl (C=O) groups is 1. The van der Waals surface area contributed by atoms with Gasteiger partial charge in [-0.05, 0) is 17.5 Å². The van der Waals surface area contributed by atoms with Crippen molar-refractivity contribution in [2.45, 2.75) is 0 Å². The summed E-state index contributed by atoms with van der Waals surface area (Å²) in [6.45, 7) is 0. The smallest absolute Gasteiger partial charge is 0.266 e. The number of hydrogen-bond acceptors (Lipinski definition) is 3. The van der Waals surface area contributed by atoms with Crippen molar-refractivity contribution in [2.24, 2.45) is 5.10 Å². The van der Waals surface area contributed by atoms with Crippen LogP contribution in [-0.2, 0) is 0 Å². The Balaban J connectivity index is 2.04. The normalized spacial score (nSPS) is 10.8. The fourth-order valence-corrected chi connectivity index (χ4v) is 1.86. The Kier molecular flexibility index (Phi) is 3.78. The van der Waals surface area contributed by atoms with Crippen molar-refractivity contribution < 1.29 is 13.6 Å². The highest BCUT2D eigenvalue weighted by Crippen LogP contribution is 2.09. The fourth-order valence-electron chi connectivity index (χ4n) is 1.24. The van der Waals surface area contributed by atoms with Crippen LogP contribution in [0.2, 0.25) is 0 Å². The average molecular weight is 266 g/mol. The molecule has 1 aromatic carbocycles. The second-order valence-corrected chi connectivity index (χ2v) is 4.27. The number of amides is 1. The highest BCUT2D eigenvalue weighted by molar-refractivity contribution is 7.12. The maximum absolute atomic E-state index is 13.2. The van der Waals surface area contributed by atoms with Gasteiger partial charge in [-0.15, -0.1) is 11.3 Å². The summed E-state index contributed by atoms with van der Waals surface area (Å²) in [5, 5.41) is 5.33. The van der Waals surface area contributed by atoms with Gasteiger partial charge in [0.15, 0.2) is 11.6 Å². The van der Waals surface area contributed by atoms with Crippen LogP contribution < -0.4 is 5.43 Å². The van der Waals surface area contributed by atoms with Gasteiger partial charge in [0.2, 0.25) is 0 Å². The number of halogens is 2. The molecule has 0 aliphatic heterocycles. The summed E-state index contributed by atoms with van der Waals surface area (Å²) in [6.07, 6.45) is 1.06. The van der Waals surface area contributed by atoms with Crippen molar-refractivity contribution in [2.75, 3.05) is 0 Å². The number of hydrogen-bond donors (Lipinski definition) is 1. The van der Waals surface area contributed by atoms with Gasteiger partial charge in [0.25, 0.3) is 5.91 Å². The first-order chi connectivity index (χ1) is 8.68. The van der Waals surface area contributed by atoms with Crippen molar-refractivity contribution in [3.8, 4) is 0 Å². The van der Waals surface area contributed by atoms with E-state index in [1.807, 2.05) is 0 Å². The van der Waals surface area contributed by atoms with E-state index in [-0.39, 0.29) is 5.56 Å². The van der Waals surface area contributed by atoms with Gasteiger partial charge in [0.1, 0.15) is 0 Å². The molecule has 92 valence electrons. The number of nitrogens with zero attached hydrogens (tertiary/aromatic N) is 1. The Labute approximate surface area is 106 Å². The molecule has 2 rings (SSSR count). The lowest BCUT2D eigenvalue weighted by Crippen LogP contribution is -2.16. The summed E-state index contributed by atoms with van der Waals surface area (Å²) in [5.41, 5.74) is 2.21. The Morgan fingerprint density at radius 1 is 1.28 bits per heavy atom. The molecule has 0 saturated heterocycles. The molecule has 0 unspecified atom stereocenters. The number of nitrogens with one attached hydrogen (secondary N) is 1. The predicted molar refractivity (Wildman–Crippen MR) is 65.7 cm³/mol. The molecule has 0 radical (unpaired) electrons. The minimum absolute atomic E-state index is 0.0264. The van der Waals surface area contributed by atoms with Crippen molar-refractivity contribution in [3.05, 3.63) is 57.8 Å². The summed E-state index contributed by atoms with van der Waals surface area (Å²) in [5.74, 6) is -2.34. The maximum Gasteiger partial charge on any atom is 0.281 e. The van der Waals surface area contributed by atoms with E-state index < -0.39 is 17.5 Å². The molecule has 1 aromatic heterocycles. The molecule has 6 heteroatoms. The van der Waals surface area contributed by atoms with E-state index in [1.165, 1.54) is 23.5 Å². The van der Waals surface area contributed by atoms with E-state index in [4.69, 9.17) is 0 Å². The zero-order chi connectivity index (χ0) is 13.0. The predicted octanol–water partition coefficient (Wildman–Crippen LogP) is 2.79.